The Hall–Kier alpha value is -2.03. The first-order valence-electron chi connectivity index (χ1n) is 5.51. The van der Waals surface area contributed by atoms with Crippen LogP contribution in [-0.4, -0.2) is 11.1 Å². The van der Waals surface area contributed by atoms with Crippen LogP contribution < -0.4 is 5.32 Å². The van der Waals surface area contributed by atoms with Crippen LogP contribution in [0.3, 0.4) is 0 Å². The van der Waals surface area contributed by atoms with E-state index in [9.17, 15) is 4.79 Å². The molecule has 6 heteroatoms. The number of anilines is 2. The molecule has 0 aliphatic rings. The maximum absolute atomic E-state index is 11.0. The molecule has 2 aromatic rings. The van der Waals surface area contributed by atoms with Gasteiger partial charge in [-0.25, -0.2) is 4.79 Å². The number of rotatable bonds is 3. The van der Waals surface area contributed by atoms with Gasteiger partial charge in [0.1, 0.15) is 6.07 Å². The Bertz CT molecular complexity index is 726. The van der Waals surface area contributed by atoms with Crippen LogP contribution in [0.1, 0.15) is 15.9 Å². The summed E-state index contributed by atoms with van der Waals surface area (Å²) < 4.78 is 0.664. The van der Waals surface area contributed by atoms with E-state index in [4.69, 9.17) is 22.0 Å². The monoisotopic (exact) mass is 350 g/mol. The van der Waals surface area contributed by atoms with Gasteiger partial charge in [0.2, 0.25) is 0 Å². The summed E-state index contributed by atoms with van der Waals surface area (Å²) in [6, 6.07) is 11.9. The summed E-state index contributed by atoms with van der Waals surface area (Å²) >= 11 is 9.10. The highest BCUT2D eigenvalue weighted by Crippen LogP contribution is 2.28. The fourth-order valence-electron chi connectivity index (χ4n) is 1.66. The largest absolute Gasteiger partial charge is 0.478 e. The van der Waals surface area contributed by atoms with Gasteiger partial charge in [-0.3, -0.25) is 0 Å². The molecule has 0 atom stereocenters. The number of nitriles is 1. The van der Waals surface area contributed by atoms with E-state index in [0.717, 1.165) is 0 Å². The van der Waals surface area contributed by atoms with E-state index in [0.29, 0.717) is 21.4 Å². The van der Waals surface area contributed by atoms with Gasteiger partial charge in [0.15, 0.2) is 0 Å². The van der Waals surface area contributed by atoms with Crippen LogP contribution in [0.15, 0.2) is 40.9 Å². The number of hydrogen-bond donors (Lipinski definition) is 2. The Kier molecular flexibility index (Phi) is 4.28. The molecule has 0 aromatic heterocycles. The van der Waals surface area contributed by atoms with Crippen molar-refractivity contribution < 1.29 is 9.90 Å². The summed E-state index contributed by atoms with van der Waals surface area (Å²) in [7, 11) is 0. The number of benzene rings is 2. The van der Waals surface area contributed by atoms with Crippen molar-refractivity contribution in [1.82, 2.24) is 0 Å². The predicted molar refractivity (Wildman–Crippen MR) is 80.6 cm³/mol. The predicted octanol–water partition coefficient (Wildman–Crippen LogP) is 4.42. The molecule has 0 saturated heterocycles. The van der Waals surface area contributed by atoms with Gasteiger partial charge in [0.25, 0.3) is 0 Å². The number of carboxylic acid groups (broad SMARTS) is 1. The van der Waals surface area contributed by atoms with Crippen LogP contribution in [0, 0.1) is 11.3 Å². The molecule has 0 amide bonds. The molecule has 0 radical (unpaired) electrons. The molecule has 2 N–H and O–H groups in total. The molecule has 0 heterocycles. The molecule has 100 valence electrons. The molecule has 0 fully saturated rings. The van der Waals surface area contributed by atoms with Crippen molar-refractivity contribution in [2.24, 2.45) is 0 Å². The first-order valence-corrected chi connectivity index (χ1v) is 6.68. The molecule has 0 spiro atoms. The maximum atomic E-state index is 11.0. The average Bonchev–Trinajstić information content (AvgIpc) is 2.41. The lowest BCUT2D eigenvalue weighted by atomic mass is 10.1. The number of carboxylic acids is 1. The number of aromatic carboxylic acids is 1. The third-order valence-corrected chi connectivity index (χ3v) is 3.59. The molecule has 20 heavy (non-hydrogen) atoms. The molecule has 2 aromatic carbocycles. The Labute approximate surface area is 128 Å². The van der Waals surface area contributed by atoms with Gasteiger partial charge in [-0.2, -0.15) is 5.26 Å². The van der Waals surface area contributed by atoms with Crippen molar-refractivity contribution in [3.8, 4) is 6.07 Å². The summed E-state index contributed by atoms with van der Waals surface area (Å²) in [5, 5.41) is 21.3. The molecular weight excluding hydrogens is 344 g/mol. The molecule has 0 aliphatic carbocycles. The van der Waals surface area contributed by atoms with Gasteiger partial charge in [-0.1, -0.05) is 17.7 Å². The zero-order valence-electron chi connectivity index (χ0n) is 10.0. The number of carbonyl (C=O) groups is 1. The van der Waals surface area contributed by atoms with Crippen molar-refractivity contribution in [3.63, 3.8) is 0 Å². The lowest BCUT2D eigenvalue weighted by molar-refractivity contribution is 0.0697. The van der Waals surface area contributed by atoms with Crippen LogP contribution >= 0.6 is 27.5 Å². The van der Waals surface area contributed by atoms with Gasteiger partial charge in [0.05, 0.1) is 21.8 Å². The van der Waals surface area contributed by atoms with Gasteiger partial charge in [0, 0.05) is 10.2 Å². The smallest absolute Gasteiger partial charge is 0.337 e. The van der Waals surface area contributed by atoms with Crippen LogP contribution in [0.25, 0.3) is 0 Å². The van der Waals surface area contributed by atoms with Gasteiger partial charge in [-0.15, -0.1) is 0 Å². The lowest BCUT2D eigenvalue weighted by Gasteiger charge is -2.10. The van der Waals surface area contributed by atoms with E-state index in [-0.39, 0.29) is 10.6 Å². The highest BCUT2D eigenvalue weighted by Gasteiger charge is 2.11. The third kappa shape index (κ3) is 2.93. The zero-order chi connectivity index (χ0) is 14.7. The lowest BCUT2D eigenvalue weighted by Crippen LogP contribution is -2.00. The minimum Gasteiger partial charge on any atom is -0.478 e. The number of nitrogens with one attached hydrogen (secondary N) is 1. The van der Waals surface area contributed by atoms with Crippen molar-refractivity contribution in [2.45, 2.75) is 0 Å². The molecule has 0 aliphatic heterocycles. The second-order valence-electron chi connectivity index (χ2n) is 3.90. The Morgan fingerprint density at radius 3 is 2.75 bits per heavy atom. The Morgan fingerprint density at radius 1 is 1.35 bits per heavy atom. The Balaban J connectivity index is 2.41. The molecule has 4 nitrogen and oxygen atoms in total. The fourth-order valence-corrected chi connectivity index (χ4v) is 2.32. The Morgan fingerprint density at radius 2 is 2.10 bits per heavy atom. The highest BCUT2D eigenvalue weighted by atomic mass is 79.9. The summed E-state index contributed by atoms with van der Waals surface area (Å²) in [6.45, 7) is 0. The van der Waals surface area contributed by atoms with Crippen LogP contribution in [0.2, 0.25) is 5.02 Å². The van der Waals surface area contributed by atoms with E-state index in [1.165, 1.54) is 12.1 Å². The maximum Gasteiger partial charge on any atom is 0.337 e. The number of nitrogens with zero attached hydrogens (tertiary/aromatic N) is 1. The zero-order valence-corrected chi connectivity index (χ0v) is 12.4. The van der Waals surface area contributed by atoms with E-state index in [1.807, 2.05) is 0 Å². The molecular formula is C14H8BrClN2O2. The van der Waals surface area contributed by atoms with Crippen molar-refractivity contribution in [3.05, 3.63) is 57.0 Å². The van der Waals surface area contributed by atoms with E-state index >= 15 is 0 Å². The topological polar surface area (TPSA) is 73.1 Å². The van der Waals surface area contributed by atoms with Crippen molar-refractivity contribution >= 4 is 44.9 Å². The summed E-state index contributed by atoms with van der Waals surface area (Å²) in [6.07, 6.45) is 0. The summed E-state index contributed by atoms with van der Waals surface area (Å²) in [4.78, 5) is 11.0. The first kappa shape index (κ1) is 14.4. The minimum atomic E-state index is -1.10. The summed E-state index contributed by atoms with van der Waals surface area (Å²) in [5.41, 5.74) is 1.58. The van der Waals surface area contributed by atoms with Gasteiger partial charge >= 0.3 is 5.97 Å². The molecule has 0 saturated carbocycles. The van der Waals surface area contributed by atoms with Crippen LogP contribution in [-0.2, 0) is 0 Å². The number of halogens is 2. The SMILES string of the molecule is N#Cc1c(Br)cccc1Nc1ccc(Cl)c(C(=O)O)c1. The van der Waals surface area contributed by atoms with Crippen molar-refractivity contribution in [1.29, 1.82) is 5.26 Å². The van der Waals surface area contributed by atoms with Crippen LogP contribution in [0.5, 0.6) is 0 Å². The summed E-state index contributed by atoms with van der Waals surface area (Å²) in [5.74, 6) is -1.10. The van der Waals surface area contributed by atoms with E-state index in [1.54, 1.807) is 24.3 Å². The third-order valence-electron chi connectivity index (χ3n) is 2.60. The second kappa shape index (κ2) is 5.95. The quantitative estimate of drug-likeness (QED) is 0.858. The average molecular weight is 352 g/mol. The van der Waals surface area contributed by atoms with E-state index in [2.05, 4.69) is 27.3 Å². The number of hydrogen-bond acceptors (Lipinski definition) is 3. The normalized spacial score (nSPS) is 9.85. The van der Waals surface area contributed by atoms with Crippen LogP contribution in [0.4, 0.5) is 11.4 Å². The van der Waals surface area contributed by atoms with E-state index < -0.39 is 5.97 Å². The molecule has 2 rings (SSSR count). The minimum absolute atomic E-state index is 0.00479. The van der Waals surface area contributed by atoms with Gasteiger partial charge < -0.3 is 10.4 Å². The first-order chi connectivity index (χ1) is 9.52. The molecule has 0 unspecified atom stereocenters. The van der Waals surface area contributed by atoms with Crippen molar-refractivity contribution in [2.75, 3.05) is 5.32 Å². The standard InChI is InChI=1S/C14H8BrClN2O2/c15-11-2-1-3-13(10(11)7-17)18-8-4-5-12(16)9(6-8)14(19)20/h1-6,18H,(H,19,20). The molecule has 0 bridgehead atoms. The highest BCUT2D eigenvalue weighted by molar-refractivity contribution is 9.10. The fraction of sp³-hybridized carbons (Fsp3) is 0. The second-order valence-corrected chi connectivity index (χ2v) is 5.16. The van der Waals surface area contributed by atoms with Gasteiger partial charge in [-0.05, 0) is 46.3 Å².